The van der Waals surface area contributed by atoms with Crippen molar-refractivity contribution in [1.29, 1.82) is 0 Å². The predicted octanol–water partition coefficient (Wildman–Crippen LogP) is 2.61. The normalized spacial score (nSPS) is 18.2. The van der Waals surface area contributed by atoms with E-state index in [0.29, 0.717) is 6.04 Å². The highest BCUT2D eigenvalue weighted by molar-refractivity contribution is 5.67. The second-order valence-electron chi connectivity index (χ2n) is 4.71. The molecule has 1 aromatic rings. The second-order valence-corrected chi connectivity index (χ2v) is 4.71. The van der Waals surface area contributed by atoms with Crippen LogP contribution in [-0.2, 0) is 11.2 Å². The molecule has 0 aromatic heterocycles. The van der Waals surface area contributed by atoms with Crippen LogP contribution < -0.4 is 4.90 Å². The van der Waals surface area contributed by atoms with Gasteiger partial charge in [0.1, 0.15) is 0 Å². The summed E-state index contributed by atoms with van der Waals surface area (Å²) in [6.45, 7) is 5.17. The lowest BCUT2D eigenvalue weighted by Crippen LogP contribution is -2.32. The van der Waals surface area contributed by atoms with E-state index in [4.69, 9.17) is 5.11 Å². The van der Waals surface area contributed by atoms with Gasteiger partial charge >= 0.3 is 5.97 Å². The van der Waals surface area contributed by atoms with Gasteiger partial charge in [0.05, 0.1) is 0 Å². The molecule has 92 valence electrons. The van der Waals surface area contributed by atoms with Gasteiger partial charge in [0.25, 0.3) is 0 Å². The van der Waals surface area contributed by atoms with Crippen molar-refractivity contribution in [2.45, 2.75) is 39.2 Å². The molecule has 1 N–H and O–H groups in total. The number of aliphatic carboxylic acids is 1. The van der Waals surface area contributed by atoms with Gasteiger partial charge in [0.15, 0.2) is 0 Å². The zero-order valence-corrected chi connectivity index (χ0v) is 10.4. The van der Waals surface area contributed by atoms with Crippen LogP contribution in [-0.4, -0.2) is 23.7 Å². The SMILES string of the molecule is CCN1c2ccc(C)cc2CC1CCC(=O)O. The number of fused-ring (bicyclic) bond motifs is 1. The largest absolute Gasteiger partial charge is 0.481 e. The highest BCUT2D eigenvalue weighted by Crippen LogP contribution is 2.34. The van der Waals surface area contributed by atoms with E-state index in [1.165, 1.54) is 16.8 Å². The van der Waals surface area contributed by atoms with E-state index >= 15 is 0 Å². The summed E-state index contributed by atoms with van der Waals surface area (Å²) in [5, 5.41) is 8.78. The maximum atomic E-state index is 10.7. The molecule has 0 bridgehead atoms. The fourth-order valence-electron chi connectivity index (χ4n) is 2.70. The number of aryl methyl sites for hydroxylation is 1. The third kappa shape index (κ3) is 2.43. The Kier molecular flexibility index (Phi) is 3.36. The highest BCUT2D eigenvalue weighted by Gasteiger charge is 2.28. The van der Waals surface area contributed by atoms with Crippen LogP contribution in [0.5, 0.6) is 0 Å². The molecule has 3 nitrogen and oxygen atoms in total. The first-order valence-electron chi connectivity index (χ1n) is 6.19. The lowest BCUT2D eigenvalue weighted by Gasteiger charge is -2.25. The van der Waals surface area contributed by atoms with Crippen molar-refractivity contribution in [3.63, 3.8) is 0 Å². The summed E-state index contributed by atoms with van der Waals surface area (Å²) in [6, 6.07) is 6.86. The number of carboxylic acids is 1. The summed E-state index contributed by atoms with van der Waals surface area (Å²) in [5.41, 5.74) is 3.93. The second kappa shape index (κ2) is 4.78. The molecule has 1 heterocycles. The number of carbonyl (C=O) groups is 1. The minimum Gasteiger partial charge on any atom is -0.481 e. The summed E-state index contributed by atoms with van der Waals surface area (Å²) in [4.78, 5) is 13.0. The van der Waals surface area contributed by atoms with Crippen LogP contribution in [0.15, 0.2) is 18.2 Å². The van der Waals surface area contributed by atoms with Crippen LogP contribution in [0.2, 0.25) is 0 Å². The molecule has 0 saturated carbocycles. The lowest BCUT2D eigenvalue weighted by atomic mass is 10.0. The summed E-state index contributed by atoms with van der Waals surface area (Å²) >= 11 is 0. The average Bonchev–Trinajstić information content (AvgIpc) is 2.62. The zero-order chi connectivity index (χ0) is 12.4. The van der Waals surface area contributed by atoms with Crippen LogP contribution in [0.4, 0.5) is 5.69 Å². The van der Waals surface area contributed by atoms with Crippen molar-refractivity contribution in [3.8, 4) is 0 Å². The van der Waals surface area contributed by atoms with Gasteiger partial charge in [-0.05, 0) is 38.3 Å². The Balaban J connectivity index is 2.16. The molecular weight excluding hydrogens is 214 g/mol. The van der Waals surface area contributed by atoms with E-state index < -0.39 is 5.97 Å². The maximum absolute atomic E-state index is 10.7. The van der Waals surface area contributed by atoms with E-state index in [-0.39, 0.29) is 6.42 Å². The van der Waals surface area contributed by atoms with E-state index in [2.05, 4.69) is 36.9 Å². The van der Waals surface area contributed by atoms with E-state index in [0.717, 1.165) is 19.4 Å². The number of benzene rings is 1. The molecule has 1 aliphatic rings. The molecule has 1 aliphatic heterocycles. The molecule has 17 heavy (non-hydrogen) atoms. The molecule has 1 atom stereocenters. The average molecular weight is 233 g/mol. The molecule has 0 radical (unpaired) electrons. The predicted molar refractivity (Wildman–Crippen MR) is 68.6 cm³/mol. The molecule has 0 spiro atoms. The van der Waals surface area contributed by atoms with Crippen molar-refractivity contribution in [2.24, 2.45) is 0 Å². The molecule has 0 saturated heterocycles. The first kappa shape index (κ1) is 12.0. The Morgan fingerprint density at radius 3 is 2.94 bits per heavy atom. The van der Waals surface area contributed by atoms with Gasteiger partial charge in [0.2, 0.25) is 0 Å². The number of carboxylic acid groups (broad SMARTS) is 1. The number of likely N-dealkylation sites (N-methyl/N-ethyl adjacent to an activating group) is 1. The van der Waals surface area contributed by atoms with Crippen LogP contribution in [0, 0.1) is 6.92 Å². The van der Waals surface area contributed by atoms with Gasteiger partial charge in [-0.1, -0.05) is 17.7 Å². The monoisotopic (exact) mass is 233 g/mol. The number of anilines is 1. The molecule has 2 rings (SSSR count). The molecular formula is C14H19NO2. The quantitative estimate of drug-likeness (QED) is 0.869. The van der Waals surface area contributed by atoms with Crippen LogP contribution in [0.25, 0.3) is 0 Å². The minimum atomic E-state index is -0.701. The van der Waals surface area contributed by atoms with Crippen LogP contribution in [0.3, 0.4) is 0 Å². The summed E-state index contributed by atoms with van der Waals surface area (Å²) < 4.78 is 0. The van der Waals surface area contributed by atoms with E-state index in [9.17, 15) is 4.79 Å². The summed E-state index contributed by atoms with van der Waals surface area (Å²) in [6.07, 6.45) is 1.98. The first-order valence-corrected chi connectivity index (χ1v) is 6.19. The maximum Gasteiger partial charge on any atom is 0.303 e. The van der Waals surface area contributed by atoms with Gasteiger partial charge in [-0.3, -0.25) is 4.79 Å². The van der Waals surface area contributed by atoms with Crippen LogP contribution in [0.1, 0.15) is 30.9 Å². The standard InChI is InChI=1S/C14H19NO2/c1-3-15-12(5-7-14(16)17)9-11-8-10(2)4-6-13(11)15/h4,6,8,12H,3,5,7,9H2,1-2H3,(H,16,17). The molecule has 0 amide bonds. The number of nitrogens with zero attached hydrogens (tertiary/aromatic N) is 1. The van der Waals surface area contributed by atoms with Crippen molar-refractivity contribution in [3.05, 3.63) is 29.3 Å². The minimum absolute atomic E-state index is 0.258. The Morgan fingerprint density at radius 2 is 2.29 bits per heavy atom. The Hall–Kier alpha value is -1.51. The van der Waals surface area contributed by atoms with Gasteiger partial charge < -0.3 is 10.0 Å². The molecule has 1 aromatic carbocycles. The fraction of sp³-hybridized carbons (Fsp3) is 0.500. The van der Waals surface area contributed by atoms with Gasteiger partial charge in [-0.2, -0.15) is 0 Å². The van der Waals surface area contributed by atoms with Crippen LogP contribution >= 0.6 is 0 Å². The third-order valence-electron chi connectivity index (χ3n) is 3.47. The smallest absolute Gasteiger partial charge is 0.303 e. The Bertz CT molecular complexity index is 428. The van der Waals surface area contributed by atoms with Gasteiger partial charge in [-0.15, -0.1) is 0 Å². The number of hydrogen-bond acceptors (Lipinski definition) is 2. The van der Waals surface area contributed by atoms with E-state index in [1.807, 2.05) is 0 Å². The van der Waals surface area contributed by atoms with Crippen molar-refractivity contribution >= 4 is 11.7 Å². The Labute approximate surface area is 102 Å². The molecule has 0 aliphatic carbocycles. The molecule has 3 heteroatoms. The summed E-state index contributed by atoms with van der Waals surface area (Å²) in [5.74, 6) is -0.701. The molecule has 1 unspecified atom stereocenters. The highest BCUT2D eigenvalue weighted by atomic mass is 16.4. The number of rotatable bonds is 4. The van der Waals surface area contributed by atoms with Gasteiger partial charge in [0, 0.05) is 24.7 Å². The summed E-state index contributed by atoms with van der Waals surface area (Å²) in [7, 11) is 0. The van der Waals surface area contributed by atoms with Crippen molar-refractivity contribution in [2.75, 3.05) is 11.4 Å². The fourth-order valence-corrected chi connectivity index (χ4v) is 2.70. The van der Waals surface area contributed by atoms with Crippen molar-refractivity contribution < 1.29 is 9.90 Å². The van der Waals surface area contributed by atoms with E-state index in [1.54, 1.807) is 0 Å². The number of hydrogen-bond donors (Lipinski definition) is 1. The topological polar surface area (TPSA) is 40.5 Å². The third-order valence-corrected chi connectivity index (χ3v) is 3.47. The first-order chi connectivity index (χ1) is 8.11. The lowest BCUT2D eigenvalue weighted by molar-refractivity contribution is -0.137. The Morgan fingerprint density at radius 1 is 1.53 bits per heavy atom. The molecule has 0 fully saturated rings. The van der Waals surface area contributed by atoms with Crippen molar-refractivity contribution in [1.82, 2.24) is 0 Å². The zero-order valence-electron chi connectivity index (χ0n) is 10.4. The van der Waals surface area contributed by atoms with Gasteiger partial charge in [-0.25, -0.2) is 0 Å².